The van der Waals surface area contributed by atoms with Gasteiger partial charge in [-0.15, -0.1) is 11.3 Å². The zero-order valence-corrected chi connectivity index (χ0v) is 19.2. The van der Waals surface area contributed by atoms with Crippen molar-refractivity contribution < 1.29 is 9.53 Å². The number of aromatic nitrogens is 1. The van der Waals surface area contributed by atoms with E-state index in [-0.39, 0.29) is 6.04 Å². The summed E-state index contributed by atoms with van der Waals surface area (Å²) in [4.78, 5) is 17.6. The van der Waals surface area contributed by atoms with Gasteiger partial charge >= 0.3 is 5.97 Å². The van der Waals surface area contributed by atoms with Gasteiger partial charge in [-0.2, -0.15) is 0 Å². The minimum Gasteiger partial charge on any atom is -0.464 e. The highest BCUT2D eigenvalue weighted by Gasteiger charge is 2.38. The summed E-state index contributed by atoms with van der Waals surface area (Å²) < 4.78 is 4.90. The van der Waals surface area contributed by atoms with E-state index >= 15 is 0 Å². The minimum atomic E-state index is -0.603. The van der Waals surface area contributed by atoms with Crippen LogP contribution in [0, 0.1) is 6.92 Å². The van der Waals surface area contributed by atoms with Crippen LogP contribution in [0.3, 0.4) is 0 Å². The smallest absolute Gasteiger partial charge is 0.357 e. The Kier molecular flexibility index (Phi) is 6.49. The Hall–Kier alpha value is -3.28. The van der Waals surface area contributed by atoms with E-state index in [0.717, 1.165) is 26.6 Å². The zero-order valence-electron chi connectivity index (χ0n) is 18.4. The van der Waals surface area contributed by atoms with E-state index in [1.165, 1.54) is 18.4 Å². The standard InChI is InChI=1S/C27H26N2O2S/c1-19(25-28-24(20(2)32-25)26(30)31-3)29-27(21-13-7-4-8-14-21,22-15-9-5-10-16-22)23-17-11-6-12-18-23/h4-19,29H,1-3H3/t19-/m0/s1. The van der Waals surface area contributed by atoms with Crippen LogP contribution in [-0.4, -0.2) is 18.1 Å². The SMILES string of the molecule is COC(=O)c1nc([C@H](C)NC(c2ccccc2)(c2ccccc2)c2ccccc2)sc1C. The molecule has 0 spiro atoms. The number of rotatable bonds is 7. The van der Waals surface area contributed by atoms with Gasteiger partial charge in [-0.05, 0) is 30.5 Å². The molecule has 0 radical (unpaired) electrons. The van der Waals surface area contributed by atoms with Crippen molar-refractivity contribution in [2.45, 2.75) is 25.4 Å². The second kappa shape index (κ2) is 9.47. The second-order valence-electron chi connectivity index (χ2n) is 7.66. The number of carbonyl (C=O) groups is 1. The molecule has 1 N–H and O–H groups in total. The van der Waals surface area contributed by atoms with Crippen LogP contribution in [0.15, 0.2) is 91.0 Å². The molecule has 3 aromatic carbocycles. The summed E-state index contributed by atoms with van der Waals surface area (Å²) in [5.41, 5.74) is 3.17. The average molecular weight is 443 g/mol. The lowest BCUT2D eigenvalue weighted by atomic mass is 9.76. The Labute approximate surface area is 192 Å². The van der Waals surface area contributed by atoms with Crippen molar-refractivity contribution in [3.63, 3.8) is 0 Å². The van der Waals surface area contributed by atoms with E-state index in [1.807, 2.05) is 25.1 Å². The van der Waals surface area contributed by atoms with E-state index < -0.39 is 11.5 Å². The number of nitrogens with zero attached hydrogens (tertiary/aromatic N) is 1. The molecule has 0 amide bonds. The van der Waals surface area contributed by atoms with Crippen molar-refractivity contribution in [1.82, 2.24) is 10.3 Å². The number of esters is 1. The molecule has 0 bridgehead atoms. The van der Waals surface area contributed by atoms with Crippen LogP contribution in [0.5, 0.6) is 0 Å². The normalized spacial score (nSPS) is 12.3. The number of nitrogens with one attached hydrogen (secondary N) is 1. The van der Waals surface area contributed by atoms with Crippen molar-refractivity contribution in [1.29, 1.82) is 0 Å². The fourth-order valence-corrected chi connectivity index (χ4v) is 5.00. The van der Waals surface area contributed by atoms with Crippen molar-refractivity contribution >= 4 is 17.3 Å². The van der Waals surface area contributed by atoms with Crippen LogP contribution in [0.2, 0.25) is 0 Å². The lowest BCUT2D eigenvalue weighted by molar-refractivity contribution is 0.0594. The van der Waals surface area contributed by atoms with Gasteiger partial charge in [0, 0.05) is 4.88 Å². The largest absolute Gasteiger partial charge is 0.464 e. The van der Waals surface area contributed by atoms with Crippen LogP contribution >= 0.6 is 11.3 Å². The summed E-state index contributed by atoms with van der Waals surface area (Å²) in [5, 5.41) is 4.73. The molecule has 1 aromatic heterocycles. The van der Waals surface area contributed by atoms with Gasteiger partial charge in [0.05, 0.1) is 18.7 Å². The Morgan fingerprint density at radius 1 is 0.875 bits per heavy atom. The summed E-state index contributed by atoms with van der Waals surface area (Å²) >= 11 is 1.52. The molecule has 0 saturated heterocycles. The Balaban J connectivity index is 1.88. The predicted molar refractivity (Wildman–Crippen MR) is 129 cm³/mol. The molecule has 0 aliphatic heterocycles. The average Bonchev–Trinajstić information content (AvgIpc) is 3.25. The molecule has 162 valence electrons. The van der Waals surface area contributed by atoms with E-state index in [2.05, 4.69) is 90.0 Å². The molecule has 0 saturated carbocycles. The number of ether oxygens (including phenoxy) is 1. The molecule has 4 rings (SSSR count). The van der Waals surface area contributed by atoms with Crippen LogP contribution in [0.4, 0.5) is 0 Å². The fraction of sp³-hybridized carbons (Fsp3) is 0.185. The first kappa shape index (κ1) is 21.9. The molecule has 4 nitrogen and oxygen atoms in total. The van der Waals surface area contributed by atoms with Gasteiger partial charge in [-0.1, -0.05) is 91.0 Å². The molecule has 0 aliphatic carbocycles. The third kappa shape index (κ3) is 4.09. The Morgan fingerprint density at radius 3 is 1.72 bits per heavy atom. The van der Waals surface area contributed by atoms with Crippen molar-refractivity contribution in [2.24, 2.45) is 0 Å². The number of hydrogen-bond acceptors (Lipinski definition) is 5. The molecule has 0 aliphatic rings. The molecule has 5 heteroatoms. The van der Waals surface area contributed by atoms with Crippen LogP contribution in [0.1, 0.15) is 50.0 Å². The van der Waals surface area contributed by atoms with Crippen LogP contribution in [0.25, 0.3) is 0 Å². The van der Waals surface area contributed by atoms with Gasteiger partial charge in [0.25, 0.3) is 0 Å². The number of hydrogen-bond donors (Lipinski definition) is 1. The molecule has 0 fully saturated rings. The maximum Gasteiger partial charge on any atom is 0.357 e. The third-order valence-corrected chi connectivity index (χ3v) is 6.77. The van der Waals surface area contributed by atoms with Gasteiger partial charge in [0.2, 0.25) is 0 Å². The van der Waals surface area contributed by atoms with Crippen molar-refractivity contribution in [3.05, 3.63) is 123 Å². The van der Waals surface area contributed by atoms with Crippen LogP contribution < -0.4 is 5.32 Å². The Bertz CT molecular complexity index is 1080. The van der Waals surface area contributed by atoms with Gasteiger partial charge in [-0.25, -0.2) is 9.78 Å². The van der Waals surface area contributed by atoms with E-state index in [0.29, 0.717) is 5.69 Å². The summed E-state index contributed by atoms with van der Waals surface area (Å²) in [6, 6.07) is 31.2. The monoisotopic (exact) mass is 442 g/mol. The first-order valence-corrected chi connectivity index (χ1v) is 11.4. The highest BCUT2D eigenvalue weighted by atomic mass is 32.1. The first-order chi connectivity index (χ1) is 15.6. The van der Waals surface area contributed by atoms with Crippen molar-refractivity contribution in [3.8, 4) is 0 Å². The van der Waals surface area contributed by atoms with Gasteiger partial charge in [0.15, 0.2) is 5.69 Å². The van der Waals surface area contributed by atoms with E-state index in [1.54, 1.807) is 0 Å². The number of methoxy groups -OCH3 is 1. The predicted octanol–water partition coefficient (Wildman–Crippen LogP) is 5.88. The number of aryl methyl sites for hydroxylation is 1. The topological polar surface area (TPSA) is 51.2 Å². The number of benzene rings is 3. The molecule has 0 unspecified atom stereocenters. The maximum absolute atomic E-state index is 12.1. The van der Waals surface area contributed by atoms with Crippen LogP contribution in [-0.2, 0) is 10.3 Å². The molecule has 4 aromatic rings. The summed E-state index contributed by atoms with van der Waals surface area (Å²) in [6.07, 6.45) is 0. The summed E-state index contributed by atoms with van der Waals surface area (Å²) in [6.45, 7) is 3.99. The lowest BCUT2D eigenvalue weighted by Crippen LogP contribution is -2.45. The molecular weight excluding hydrogens is 416 g/mol. The quantitative estimate of drug-likeness (QED) is 0.287. The van der Waals surface area contributed by atoms with Gasteiger partial charge < -0.3 is 4.74 Å². The van der Waals surface area contributed by atoms with Crippen molar-refractivity contribution in [2.75, 3.05) is 7.11 Å². The van der Waals surface area contributed by atoms with E-state index in [4.69, 9.17) is 4.74 Å². The lowest BCUT2D eigenvalue weighted by Gasteiger charge is -2.39. The minimum absolute atomic E-state index is 0.127. The van der Waals surface area contributed by atoms with E-state index in [9.17, 15) is 4.79 Å². The number of carbonyl (C=O) groups excluding carboxylic acids is 1. The third-order valence-electron chi connectivity index (χ3n) is 5.62. The highest BCUT2D eigenvalue weighted by Crippen LogP contribution is 2.39. The maximum atomic E-state index is 12.1. The molecular formula is C27H26N2O2S. The summed E-state index contributed by atoms with van der Waals surface area (Å²) in [7, 11) is 1.38. The Morgan fingerprint density at radius 2 is 1.31 bits per heavy atom. The zero-order chi connectivity index (χ0) is 22.6. The second-order valence-corrected chi connectivity index (χ2v) is 8.90. The highest BCUT2D eigenvalue weighted by molar-refractivity contribution is 7.11. The first-order valence-electron chi connectivity index (χ1n) is 10.6. The van der Waals surface area contributed by atoms with Gasteiger partial charge in [0.1, 0.15) is 5.01 Å². The van der Waals surface area contributed by atoms with Gasteiger partial charge in [-0.3, -0.25) is 5.32 Å². The molecule has 1 atom stereocenters. The number of thiazole rings is 1. The summed E-state index contributed by atoms with van der Waals surface area (Å²) in [5.74, 6) is -0.405. The fourth-order valence-electron chi connectivity index (χ4n) is 4.09. The molecule has 1 heterocycles. The molecule has 32 heavy (non-hydrogen) atoms.